The first kappa shape index (κ1) is 11.2. The predicted molar refractivity (Wildman–Crippen MR) is 60.3 cm³/mol. The Balaban J connectivity index is 2.79. The maximum Gasteiger partial charge on any atom is 0.0457 e. The monoisotopic (exact) mass is 192 g/mol. The summed E-state index contributed by atoms with van der Waals surface area (Å²) < 4.78 is 0. The molecule has 0 aliphatic carbocycles. The molecule has 0 aliphatic heterocycles. The van der Waals surface area contributed by atoms with E-state index in [-0.39, 0.29) is 5.41 Å². The molecule has 0 saturated heterocycles. The van der Waals surface area contributed by atoms with Crippen molar-refractivity contribution in [2.24, 2.45) is 0 Å². The molecule has 2 heteroatoms. The molecule has 1 heterocycles. The molecular weight excluding hydrogens is 172 g/mol. The average molecular weight is 192 g/mol. The van der Waals surface area contributed by atoms with Gasteiger partial charge in [-0.2, -0.15) is 0 Å². The summed E-state index contributed by atoms with van der Waals surface area (Å²) in [6, 6.07) is 4.28. The van der Waals surface area contributed by atoms with Crippen LogP contribution in [0.3, 0.4) is 0 Å². The molecule has 0 spiro atoms. The highest BCUT2D eigenvalue weighted by molar-refractivity contribution is 5.18. The Morgan fingerprint density at radius 3 is 2.21 bits per heavy atom. The lowest BCUT2D eigenvalue weighted by molar-refractivity contribution is 0.401. The maximum atomic E-state index is 4.48. The smallest absolute Gasteiger partial charge is 0.0457 e. The van der Waals surface area contributed by atoms with Crippen LogP contribution in [0.5, 0.6) is 0 Å². The van der Waals surface area contributed by atoms with Crippen molar-refractivity contribution in [3.8, 4) is 0 Å². The van der Waals surface area contributed by atoms with E-state index in [1.807, 2.05) is 6.20 Å². The molecule has 78 valence electrons. The van der Waals surface area contributed by atoms with Gasteiger partial charge in [0.2, 0.25) is 0 Å². The Morgan fingerprint density at radius 2 is 1.86 bits per heavy atom. The van der Waals surface area contributed by atoms with Crippen molar-refractivity contribution in [2.45, 2.75) is 32.7 Å². The lowest BCUT2D eigenvalue weighted by Gasteiger charge is -2.18. The molecule has 14 heavy (non-hydrogen) atoms. The van der Waals surface area contributed by atoms with Crippen molar-refractivity contribution in [3.63, 3.8) is 0 Å². The number of pyridine rings is 1. The molecule has 0 N–H and O–H groups in total. The van der Waals surface area contributed by atoms with Crippen molar-refractivity contribution in [1.82, 2.24) is 9.88 Å². The molecule has 0 amide bonds. The van der Waals surface area contributed by atoms with Crippen LogP contribution in [0.1, 0.15) is 32.0 Å². The van der Waals surface area contributed by atoms with Crippen LogP contribution >= 0.6 is 0 Å². The summed E-state index contributed by atoms with van der Waals surface area (Å²) in [4.78, 5) is 6.62. The molecule has 0 saturated carbocycles. The van der Waals surface area contributed by atoms with Crippen molar-refractivity contribution in [1.29, 1.82) is 0 Å². The van der Waals surface area contributed by atoms with Gasteiger partial charge in [0.05, 0.1) is 0 Å². The van der Waals surface area contributed by atoms with E-state index in [1.165, 1.54) is 5.56 Å². The number of hydrogen-bond donors (Lipinski definition) is 0. The quantitative estimate of drug-likeness (QED) is 0.715. The van der Waals surface area contributed by atoms with Crippen molar-refractivity contribution >= 4 is 0 Å². The van der Waals surface area contributed by atoms with Gasteiger partial charge in [0.15, 0.2) is 0 Å². The fraction of sp³-hybridized carbons (Fsp3) is 0.583. The summed E-state index contributed by atoms with van der Waals surface area (Å²) in [5.74, 6) is 0. The normalized spacial score (nSPS) is 12.1. The van der Waals surface area contributed by atoms with Crippen LogP contribution in [-0.2, 0) is 12.0 Å². The minimum absolute atomic E-state index is 0.149. The Labute approximate surface area is 87.0 Å². The lowest BCUT2D eigenvalue weighted by Crippen LogP contribution is -2.15. The largest absolute Gasteiger partial charge is 0.305 e. The molecule has 2 nitrogen and oxygen atoms in total. The van der Waals surface area contributed by atoms with E-state index in [0.717, 1.165) is 12.2 Å². The Kier molecular flexibility index (Phi) is 3.27. The summed E-state index contributed by atoms with van der Waals surface area (Å²) in [6.45, 7) is 7.50. The molecule has 0 bridgehead atoms. The van der Waals surface area contributed by atoms with Gasteiger partial charge in [0.1, 0.15) is 0 Å². The van der Waals surface area contributed by atoms with Gasteiger partial charge in [-0.05, 0) is 25.7 Å². The average Bonchev–Trinajstić information content (AvgIpc) is 2.02. The van der Waals surface area contributed by atoms with Crippen LogP contribution in [0.4, 0.5) is 0 Å². The summed E-state index contributed by atoms with van der Waals surface area (Å²) >= 11 is 0. The van der Waals surface area contributed by atoms with Crippen LogP contribution in [0.2, 0.25) is 0 Å². The van der Waals surface area contributed by atoms with E-state index in [2.05, 4.69) is 56.9 Å². The highest BCUT2D eigenvalue weighted by atomic mass is 15.0. The third-order valence-corrected chi connectivity index (χ3v) is 2.09. The van der Waals surface area contributed by atoms with E-state index >= 15 is 0 Å². The molecule has 0 aromatic carbocycles. The van der Waals surface area contributed by atoms with Crippen LogP contribution in [-0.4, -0.2) is 24.0 Å². The summed E-state index contributed by atoms with van der Waals surface area (Å²) in [5.41, 5.74) is 2.57. The summed E-state index contributed by atoms with van der Waals surface area (Å²) in [5, 5.41) is 0. The number of rotatable bonds is 2. The van der Waals surface area contributed by atoms with E-state index < -0.39 is 0 Å². The van der Waals surface area contributed by atoms with Crippen LogP contribution < -0.4 is 0 Å². The number of aromatic nitrogens is 1. The predicted octanol–water partition coefficient (Wildman–Crippen LogP) is 2.44. The number of hydrogen-bond acceptors (Lipinski definition) is 2. The SMILES string of the molecule is CN(C)Cc1ccc(C(C)(C)C)nc1. The van der Waals surface area contributed by atoms with Gasteiger partial charge in [0.25, 0.3) is 0 Å². The second-order valence-electron chi connectivity index (χ2n) is 5.04. The Morgan fingerprint density at radius 1 is 1.21 bits per heavy atom. The summed E-state index contributed by atoms with van der Waals surface area (Å²) in [6.07, 6.45) is 1.97. The van der Waals surface area contributed by atoms with E-state index in [4.69, 9.17) is 0 Å². The van der Waals surface area contributed by atoms with Gasteiger partial charge in [-0.1, -0.05) is 26.8 Å². The van der Waals surface area contributed by atoms with Gasteiger partial charge in [-0.25, -0.2) is 0 Å². The Bertz CT molecular complexity index is 280. The zero-order valence-electron chi connectivity index (χ0n) is 9.83. The maximum absolute atomic E-state index is 4.48. The van der Waals surface area contributed by atoms with Crippen LogP contribution in [0.15, 0.2) is 18.3 Å². The van der Waals surface area contributed by atoms with Gasteiger partial charge in [-0.3, -0.25) is 4.98 Å². The Hall–Kier alpha value is -0.890. The highest BCUT2D eigenvalue weighted by Crippen LogP contribution is 2.19. The first-order chi connectivity index (χ1) is 6.39. The second-order valence-corrected chi connectivity index (χ2v) is 5.04. The lowest BCUT2D eigenvalue weighted by atomic mass is 9.91. The molecule has 1 rings (SSSR count). The molecule has 0 radical (unpaired) electrons. The topological polar surface area (TPSA) is 16.1 Å². The fourth-order valence-corrected chi connectivity index (χ4v) is 1.33. The minimum atomic E-state index is 0.149. The van der Waals surface area contributed by atoms with E-state index in [9.17, 15) is 0 Å². The molecular formula is C12H20N2. The molecule has 1 aromatic heterocycles. The molecule has 0 fully saturated rings. The van der Waals surface area contributed by atoms with Gasteiger partial charge in [-0.15, -0.1) is 0 Å². The molecule has 0 atom stereocenters. The highest BCUT2D eigenvalue weighted by Gasteiger charge is 2.14. The number of nitrogens with zero attached hydrogens (tertiary/aromatic N) is 2. The second kappa shape index (κ2) is 4.09. The third-order valence-electron chi connectivity index (χ3n) is 2.09. The van der Waals surface area contributed by atoms with Gasteiger partial charge >= 0.3 is 0 Å². The summed E-state index contributed by atoms with van der Waals surface area (Å²) in [7, 11) is 4.13. The van der Waals surface area contributed by atoms with Crippen LogP contribution in [0.25, 0.3) is 0 Å². The third kappa shape index (κ3) is 3.11. The minimum Gasteiger partial charge on any atom is -0.305 e. The van der Waals surface area contributed by atoms with Crippen molar-refractivity contribution < 1.29 is 0 Å². The standard InChI is InChI=1S/C12H20N2/c1-12(2,3)11-7-6-10(8-13-11)9-14(4)5/h6-8H,9H2,1-5H3. The van der Waals surface area contributed by atoms with Gasteiger partial charge < -0.3 is 4.90 Å². The zero-order chi connectivity index (χ0) is 10.8. The zero-order valence-corrected chi connectivity index (χ0v) is 9.83. The van der Waals surface area contributed by atoms with E-state index in [0.29, 0.717) is 0 Å². The van der Waals surface area contributed by atoms with Gasteiger partial charge in [0, 0.05) is 23.9 Å². The fourth-order valence-electron chi connectivity index (χ4n) is 1.33. The van der Waals surface area contributed by atoms with Crippen LogP contribution in [0, 0.1) is 0 Å². The van der Waals surface area contributed by atoms with E-state index in [1.54, 1.807) is 0 Å². The van der Waals surface area contributed by atoms with Crippen molar-refractivity contribution in [3.05, 3.63) is 29.6 Å². The first-order valence-corrected chi connectivity index (χ1v) is 5.00. The van der Waals surface area contributed by atoms with Crippen molar-refractivity contribution in [2.75, 3.05) is 14.1 Å². The molecule has 1 aromatic rings. The first-order valence-electron chi connectivity index (χ1n) is 5.00. The molecule has 0 unspecified atom stereocenters. The molecule has 0 aliphatic rings.